The van der Waals surface area contributed by atoms with Gasteiger partial charge in [-0.3, -0.25) is 4.79 Å². The second-order valence-corrected chi connectivity index (χ2v) is 11.3. The molecular formula is C24H29N3O5S2. The van der Waals surface area contributed by atoms with E-state index in [4.69, 9.17) is 9.47 Å². The Labute approximate surface area is 203 Å². The number of benzene rings is 2. The molecule has 0 unspecified atom stereocenters. The van der Waals surface area contributed by atoms with Gasteiger partial charge in [-0.05, 0) is 55.2 Å². The number of ether oxygens (including phenoxy) is 2. The zero-order valence-electron chi connectivity index (χ0n) is 19.6. The normalized spacial score (nSPS) is 16.3. The fraction of sp³-hybridized carbons (Fsp3) is 0.417. The van der Waals surface area contributed by atoms with Gasteiger partial charge in [-0.15, -0.1) is 0 Å². The summed E-state index contributed by atoms with van der Waals surface area (Å²) in [6.07, 6.45) is 1.72. The lowest BCUT2D eigenvalue weighted by atomic mass is 10.0. The number of hydrogen-bond donors (Lipinski definition) is 0. The number of rotatable bonds is 7. The molecule has 1 fully saturated rings. The summed E-state index contributed by atoms with van der Waals surface area (Å²) in [4.78, 5) is 18.1. The average molecular weight is 504 g/mol. The van der Waals surface area contributed by atoms with Gasteiger partial charge in [0.2, 0.25) is 10.0 Å². The minimum absolute atomic E-state index is 0.195. The summed E-state index contributed by atoms with van der Waals surface area (Å²) >= 11 is 1.39. The van der Waals surface area contributed by atoms with Crippen molar-refractivity contribution < 1.29 is 22.7 Å². The van der Waals surface area contributed by atoms with Gasteiger partial charge in [0.25, 0.3) is 5.91 Å². The number of thiazole rings is 1. The molecule has 1 aliphatic rings. The molecule has 4 rings (SSSR count). The Bertz CT molecular complexity index is 1340. The number of aromatic nitrogens is 1. The number of para-hydroxylation sites is 1. The van der Waals surface area contributed by atoms with Gasteiger partial charge in [-0.2, -0.15) is 9.30 Å². The summed E-state index contributed by atoms with van der Waals surface area (Å²) in [5.41, 5.74) is 1.19. The third kappa shape index (κ3) is 4.95. The van der Waals surface area contributed by atoms with Crippen molar-refractivity contribution in [2.24, 2.45) is 10.9 Å². The highest BCUT2D eigenvalue weighted by molar-refractivity contribution is 7.89. The van der Waals surface area contributed by atoms with E-state index in [1.165, 1.54) is 39.9 Å². The van der Waals surface area contributed by atoms with Crippen LogP contribution in [0.25, 0.3) is 10.2 Å². The van der Waals surface area contributed by atoms with Crippen molar-refractivity contribution in [3.05, 3.63) is 52.8 Å². The number of hydrogen-bond acceptors (Lipinski definition) is 6. The number of fused-ring (bicyclic) bond motifs is 1. The van der Waals surface area contributed by atoms with Crippen molar-refractivity contribution in [2.75, 3.05) is 33.9 Å². The zero-order chi connectivity index (χ0) is 24.3. The molecule has 10 heteroatoms. The Morgan fingerprint density at radius 3 is 2.47 bits per heavy atom. The average Bonchev–Trinajstić information content (AvgIpc) is 3.20. The predicted octanol–water partition coefficient (Wildman–Crippen LogP) is 3.52. The predicted molar refractivity (Wildman–Crippen MR) is 132 cm³/mol. The van der Waals surface area contributed by atoms with Gasteiger partial charge < -0.3 is 14.0 Å². The molecule has 1 aliphatic heterocycles. The Balaban J connectivity index is 1.64. The lowest BCUT2D eigenvalue weighted by Crippen LogP contribution is -2.37. The van der Waals surface area contributed by atoms with Gasteiger partial charge in [0.1, 0.15) is 11.3 Å². The SMILES string of the molecule is COCCn1c(=NC(=O)c2ccc(S(=O)(=O)N3CCC(C)CC3)cc2)sc2cccc(OC)c21. The van der Waals surface area contributed by atoms with E-state index in [1.807, 2.05) is 22.8 Å². The van der Waals surface area contributed by atoms with Crippen molar-refractivity contribution in [1.29, 1.82) is 0 Å². The fourth-order valence-corrected chi connectivity index (χ4v) is 6.57. The number of carbonyl (C=O) groups excluding carboxylic acids is 1. The minimum atomic E-state index is -3.57. The van der Waals surface area contributed by atoms with Crippen LogP contribution in [-0.2, 0) is 21.3 Å². The molecule has 2 aromatic carbocycles. The standard InChI is InChI=1S/C24H29N3O5S2/c1-17-11-13-26(14-12-17)34(29,30)19-9-7-18(8-10-19)23(28)25-24-27(15-16-31-2)22-20(32-3)5-4-6-21(22)33-24/h4-10,17H,11-16H2,1-3H3. The van der Waals surface area contributed by atoms with Crippen LogP contribution in [-0.4, -0.2) is 57.1 Å². The summed E-state index contributed by atoms with van der Waals surface area (Å²) in [7, 11) is -0.342. The van der Waals surface area contributed by atoms with E-state index >= 15 is 0 Å². The quantitative estimate of drug-likeness (QED) is 0.492. The number of methoxy groups -OCH3 is 2. The zero-order valence-corrected chi connectivity index (χ0v) is 21.2. The summed E-state index contributed by atoms with van der Waals surface area (Å²) in [5.74, 6) is 0.793. The van der Waals surface area contributed by atoms with Gasteiger partial charge in [0, 0.05) is 32.3 Å². The van der Waals surface area contributed by atoms with Gasteiger partial charge in [-0.1, -0.05) is 24.3 Å². The molecule has 34 heavy (non-hydrogen) atoms. The number of nitrogens with zero attached hydrogens (tertiary/aromatic N) is 3. The lowest BCUT2D eigenvalue weighted by molar-refractivity contribution is 0.0997. The largest absolute Gasteiger partial charge is 0.495 e. The van der Waals surface area contributed by atoms with Crippen LogP contribution < -0.4 is 9.54 Å². The van der Waals surface area contributed by atoms with E-state index in [0.717, 1.165) is 23.1 Å². The van der Waals surface area contributed by atoms with Crippen molar-refractivity contribution in [1.82, 2.24) is 8.87 Å². The van der Waals surface area contributed by atoms with Crippen LogP contribution in [0.2, 0.25) is 0 Å². The van der Waals surface area contributed by atoms with Crippen LogP contribution >= 0.6 is 11.3 Å². The van der Waals surface area contributed by atoms with E-state index in [1.54, 1.807) is 14.2 Å². The van der Waals surface area contributed by atoms with Crippen LogP contribution in [0.1, 0.15) is 30.1 Å². The van der Waals surface area contributed by atoms with Crippen molar-refractivity contribution in [3.63, 3.8) is 0 Å². The second kappa shape index (κ2) is 10.4. The fourth-order valence-electron chi connectivity index (χ4n) is 4.03. The van der Waals surface area contributed by atoms with E-state index in [0.29, 0.717) is 48.3 Å². The lowest BCUT2D eigenvalue weighted by Gasteiger charge is -2.29. The highest BCUT2D eigenvalue weighted by Crippen LogP contribution is 2.27. The Hall–Kier alpha value is -2.53. The molecule has 0 atom stereocenters. The maximum atomic E-state index is 13.0. The second-order valence-electron chi connectivity index (χ2n) is 8.36. The van der Waals surface area contributed by atoms with E-state index in [9.17, 15) is 13.2 Å². The van der Waals surface area contributed by atoms with Gasteiger partial charge in [0.05, 0.1) is 23.3 Å². The molecule has 0 aliphatic carbocycles. The minimum Gasteiger partial charge on any atom is -0.495 e. The van der Waals surface area contributed by atoms with Crippen LogP contribution in [0.15, 0.2) is 52.4 Å². The third-order valence-corrected chi connectivity index (χ3v) is 9.04. The topological polar surface area (TPSA) is 90.2 Å². The first-order valence-corrected chi connectivity index (χ1v) is 13.5. The Morgan fingerprint density at radius 2 is 1.82 bits per heavy atom. The first kappa shape index (κ1) is 24.6. The van der Waals surface area contributed by atoms with Crippen LogP contribution in [0.5, 0.6) is 5.75 Å². The summed E-state index contributed by atoms with van der Waals surface area (Å²) < 4.78 is 41.1. The molecule has 0 N–H and O–H groups in total. The summed E-state index contributed by atoms with van der Waals surface area (Å²) in [5, 5.41) is 0. The smallest absolute Gasteiger partial charge is 0.279 e. The maximum Gasteiger partial charge on any atom is 0.279 e. The van der Waals surface area contributed by atoms with Gasteiger partial charge >= 0.3 is 0 Å². The van der Waals surface area contributed by atoms with Gasteiger partial charge in [0.15, 0.2) is 4.80 Å². The van der Waals surface area contributed by atoms with Crippen molar-refractivity contribution >= 4 is 37.5 Å². The Kier molecular flexibility index (Phi) is 7.51. The van der Waals surface area contributed by atoms with Crippen molar-refractivity contribution in [3.8, 4) is 5.75 Å². The molecular weight excluding hydrogens is 474 g/mol. The first-order chi connectivity index (χ1) is 16.3. The first-order valence-electron chi connectivity index (χ1n) is 11.2. The molecule has 0 bridgehead atoms. The molecule has 8 nitrogen and oxygen atoms in total. The monoisotopic (exact) mass is 503 g/mol. The number of carbonyl (C=O) groups is 1. The van der Waals surface area contributed by atoms with E-state index < -0.39 is 15.9 Å². The number of sulfonamides is 1. The Morgan fingerprint density at radius 1 is 1.12 bits per heavy atom. The van der Waals surface area contributed by atoms with Crippen molar-refractivity contribution in [2.45, 2.75) is 31.2 Å². The molecule has 1 aromatic heterocycles. The van der Waals surface area contributed by atoms with E-state index in [2.05, 4.69) is 11.9 Å². The van der Waals surface area contributed by atoms with Crippen LogP contribution in [0.3, 0.4) is 0 Å². The summed E-state index contributed by atoms with van der Waals surface area (Å²) in [6.45, 7) is 4.15. The molecule has 0 saturated carbocycles. The molecule has 0 spiro atoms. The third-order valence-electron chi connectivity index (χ3n) is 6.08. The maximum absolute atomic E-state index is 13.0. The molecule has 1 amide bonds. The highest BCUT2D eigenvalue weighted by Gasteiger charge is 2.28. The highest BCUT2D eigenvalue weighted by atomic mass is 32.2. The number of piperidine rings is 1. The van der Waals surface area contributed by atoms with Crippen LogP contribution in [0.4, 0.5) is 0 Å². The number of amides is 1. The van der Waals surface area contributed by atoms with Gasteiger partial charge in [-0.25, -0.2) is 8.42 Å². The molecule has 3 aromatic rings. The molecule has 182 valence electrons. The molecule has 0 radical (unpaired) electrons. The molecule has 1 saturated heterocycles. The molecule has 2 heterocycles. The summed E-state index contributed by atoms with van der Waals surface area (Å²) in [6, 6.07) is 11.7. The van der Waals surface area contributed by atoms with Crippen LogP contribution in [0, 0.1) is 5.92 Å². The van der Waals surface area contributed by atoms with E-state index in [-0.39, 0.29) is 4.90 Å².